The van der Waals surface area contributed by atoms with E-state index in [-0.39, 0.29) is 46.7 Å². The first-order valence-corrected chi connectivity index (χ1v) is 11.4. The zero-order valence-corrected chi connectivity index (χ0v) is 18.2. The van der Waals surface area contributed by atoms with Gasteiger partial charge in [0.2, 0.25) is 5.52 Å². The molecule has 32 heavy (non-hydrogen) atoms. The van der Waals surface area contributed by atoms with E-state index in [4.69, 9.17) is 9.05 Å². The summed E-state index contributed by atoms with van der Waals surface area (Å²) in [5.41, 5.74) is 0.276. The number of nitro groups is 2. The van der Waals surface area contributed by atoms with Gasteiger partial charge in [-0.1, -0.05) is 13.8 Å². The summed E-state index contributed by atoms with van der Waals surface area (Å²) in [6.45, 7) is 5.07. The maximum atomic E-state index is 12.8. The van der Waals surface area contributed by atoms with Gasteiger partial charge in [0, 0.05) is 24.9 Å². The topological polar surface area (TPSA) is 173 Å². The zero-order chi connectivity index (χ0) is 23.5. The lowest BCUT2D eigenvalue weighted by molar-refractivity contribution is -0.384. The smallest absolute Gasteiger partial charge is 0.376 e. The van der Waals surface area contributed by atoms with Gasteiger partial charge in [0.25, 0.3) is 5.69 Å². The molecule has 0 aliphatic rings. The highest BCUT2D eigenvalue weighted by atomic mass is 31.2. The largest absolute Gasteiger partial charge is 0.425 e. The van der Waals surface area contributed by atoms with E-state index in [0.717, 1.165) is 0 Å². The van der Waals surface area contributed by atoms with E-state index in [0.29, 0.717) is 5.69 Å². The molecule has 0 saturated carbocycles. The SMILES string of the molecule is CC(C)C(COP(C)(=O)Oc1ccc([N+](=O)[O-])cc1)Nc1ccc([N+](=O)[O-])c2nonc12. The van der Waals surface area contributed by atoms with Crippen LogP contribution in [0, 0.1) is 26.1 Å². The molecule has 0 spiro atoms. The van der Waals surface area contributed by atoms with Crippen LogP contribution in [0.4, 0.5) is 17.1 Å². The number of nitro benzene ring substituents is 2. The van der Waals surface area contributed by atoms with Gasteiger partial charge < -0.3 is 9.84 Å². The molecule has 3 rings (SSSR count). The van der Waals surface area contributed by atoms with Crippen LogP contribution in [0.25, 0.3) is 11.0 Å². The highest BCUT2D eigenvalue weighted by molar-refractivity contribution is 7.53. The Kier molecular flexibility index (Phi) is 6.70. The van der Waals surface area contributed by atoms with Crippen LogP contribution in [0.1, 0.15) is 13.8 Å². The summed E-state index contributed by atoms with van der Waals surface area (Å²) in [6, 6.07) is 7.54. The first kappa shape index (κ1) is 23.1. The molecule has 13 nitrogen and oxygen atoms in total. The van der Waals surface area contributed by atoms with E-state index in [1.165, 1.54) is 43.1 Å². The second-order valence-corrected chi connectivity index (χ2v) is 9.24. The van der Waals surface area contributed by atoms with Gasteiger partial charge in [0.05, 0.1) is 28.2 Å². The lowest BCUT2D eigenvalue weighted by Gasteiger charge is -2.25. The van der Waals surface area contributed by atoms with Crippen LogP contribution in [0.3, 0.4) is 0 Å². The van der Waals surface area contributed by atoms with E-state index >= 15 is 0 Å². The van der Waals surface area contributed by atoms with Crippen molar-refractivity contribution in [3.8, 4) is 5.75 Å². The number of benzene rings is 2. The van der Waals surface area contributed by atoms with E-state index in [1.54, 1.807) is 0 Å². The summed E-state index contributed by atoms with van der Waals surface area (Å²) in [4.78, 5) is 20.8. The molecule has 0 fully saturated rings. The van der Waals surface area contributed by atoms with Crippen LogP contribution in [-0.4, -0.2) is 39.5 Å². The molecule has 0 bridgehead atoms. The van der Waals surface area contributed by atoms with Crippen molar-refractivity contribution in [1.29, 1.82) is 0 Å². The van der Waals surface area contributed by atoms with Gasteiger partial charge in [-0.25, -0.2) is 9.19 Å². The van der Waals surface area contributed by atoms with E-state index in [1.807, 2.05) is 13.8 Å². The lowest BCUT2D eigenvalue weighted by atomic mass is 10.0. The predicted molar refractivity (Wildman–Crippen MR) is 114 cm³/mol. The standard InChI is InChI=1S/C18H20N5O8P/c1-11(2)15(19-14-8-9-16(23(26)27)18-17(14)20-31-21-18)10-29-32(3,28)30-13-6-4-12(5-7-13)22(24)25/h4-9,11,15,19H,10H2,1-3H3. The maximum absolute atomic E-state index is 12.8. The molecule has 0 aliphatic carbocycles. The van der Waals surface area contributed by atoms with Crippen molar-refractivity contribution >= 4 is 35.7 Å². The number of fused-ring (bicyclic) bond motifs is 1. The summed E-state index contributed by atoms with van der Waals surface area (Å²) < 4.78 is 28.3. The average Bonchev–Trinajstić information content (AvgIpc) is 3.20. The van der Waals surface area contributed by atoms with Gasteiger partial charge in [-0.3, -0.25) is 24.8 Å². The third kappa shape index (κ3) is 5.37. The van der Waals surface area contributed by atoms with Crippen molar-refractivity contribution in [3.05, 3.63) is 56.6 Å². The van der Waals surface area contributed by atoms with Crippen molar-refractivity contribution in [2.45, 2.75) is 19.9 Å². The van der Waals surface area contributed by atoms with Crippen LogP contribution in [0.5, 0.6) is 5.75 Å². The number of hydrogen-bond acceptors (Lipinski definition) is 11. The molecule has 1 heterocycles. The summed E-state index contributed by atoms with van der Waals surface area (Å²) in [5.74, 6) is 0.167. The molecule has 2 atom stereocenters. The quantitative estimate of drug-likeness (QED) is 0.255. The van der Waals surface area contributed by atoms with Gasteiger partial charge in [-0.2, -0.15) is 0 Å². The molecule has 2 unspecified atom stereocenters. The van der Waals surface area contributed by atoms with Gasteiger partial charge in [0.1, 0.15) is 5.75 Å². The third-order valence-electron chi connectivity index (χ3n) is 4.54. The molecule has 0 saturated heterocycles. The molecule has 0 amide bonds. The molecular weight excluding hydrogens is 445 g/mol. The third-order valence-corrected chi connectivity index (χ3v) is 5.70. The fraction of sp³-hybridized carbons (Fsp3) is 0.333. The molecule has 14 heteroatoms. The minimum Gasteiger partial charge on any atom is -0.425 e. The summed E-state index contributed by atoms with van der Waals surface area (Å²) in [7, 11) is -3.55. The van der Waals surface area contributed by atoms with Gasteiger partial charge >= 0.3 is 13.3 Å². The van der Waals surface area contributed by atoms with Crippen molar-refractivity contribution in [3.63, 3.8) is 0 Å². The number of aromatic nitrogens is 2. The highest BCUT2D eigenvalue weighted by Gasteiger charge is 2.26. The Morgan fingerprint density at radius 2 is 1.72 bits per heavy atom. The minimum atomic E-state index is -3.55. The number of anilines is 1. The number of nitrogens with one attached hydrogen (secondary N) is 1. The first-order valence-electron chi connectivity index (χ1n) is 9.39. The number of rotatable bonds is 10. The molecular formula is C18H20N5O8P. The van der Waals surface area contributed by atoms with E-state index < -0.39 is 17.4 Å². The lowest BCUT2D eigenvalue weighted by Crippen LogP contribution is -2.30. The average molecular weight is 465 g/mol. The summed E-state index contributed by atoms with van der Waals surface area (Å²) >= 11 is 0. The molecule has 2 aromatic carbocycles. The molecule has 170 valence electrons. The van der Waals surface area contributed by atoms with Crippen LogP contribution < -0.4 is 9.84 Å². The summed E-state index contributed by atoms with van der Waals surface area (Å²) in [6.07, 6.45) is 0. The normalized spacial score (nSPS) is 14.1. The van der Waals surface area contributed by atoms with Crippen LogP contribution in [0.15, 0.2) is 41.0 Å². The zero-order valence-electron chi connectivity index (χ0n) is 17.3. The molecule has 3 aromatic rings. The Morgan fingerprint density at radius 1 is 1.06 bits per heavy atom. The van der Waals surface area contributed by atoms with Crippen molar-refractivity contribution in [1.82, 2.24) is 10.3 Å². The van der Waals surface area contributed by atoms with Gasteiger partial charge in [0.15, 0.2) is 5.52 Å². The molecule has 0 radical (unpaired) electrons. The molecule has 1 aromatic heterocycles. The van der Waals surface area contributed by atoms with Crippen molar-refractivity contribution in [2.24, 2.45) is 5.92 Å². The van der Waals surface area contributed by atoms with Crippen LogP contribution in [0.2, 0.25) is 0 Å². The fourth-order valence-electron chi connectivity index (χ4n) is 2.78. The Balaban J connectivity index is 1.70. The monoisotopic (exact) mass is 465 g/mol. The first-order chi connectivity index (χ1) is 15.1. The Hall–Kier alpha value is -3.57. The Labute approximate surface area is 181 Å². The van der Waals surface area contributed by atoms with Crippen molar-refractivity contribution in [2.75, 3.05) is 18.6 Å². The molecule has 1 N–H and O–H groups in total. The van der Waals surface area contributed by atoms with Crippen molar-refractivity contribution < 1.29 is 28.1 Å². The molecule has 0 aliphatic heterocycles. The predicted octanol–water partition coefficient (Wildman–Crippen LogP) is 4.39. The second-order valence-electron chi connectivity index (χ2n) is 7.26. The van der Waals surface area contributed by atoms with Crippen LogP contribution in [-0.2, 0) is 9.09 Å². The highest BCUT2D eigenvalue weighted by Crippen LogP contribution is 2.45. The maximum Gasteiger partial charge on any atom is 0.376 e. The van der Waals surface area contributed by atoms with Gasteiger partial charge in [-0.15, -0.1) is 0 Å². The van der Waals surface area contributed by atoms with Gasteiger partial charge in [-0.05, 0) is 34.4 Å². The summed E-state index contributed by atoms with van der Waals surface area (Å²) in [5, 5.41) is 32.4. The minimum absolute atomic E-state index is 0.000484. The van der Waals surface area contributed by atoms with Crippen LogP contribution >= 0.6 is 7.60 Å². The number of non-ortho nitro benzene ring substituents is 2. The fourth-order valence-corrected chi connectivity index (χ4v) is 3.77. The number of nitrogens with zero attached hydrogens (tertiary/aromatic N) is 4. The Bertz CT molecular complexity index is 1180. The second kappa shape index (κ2) is 9.28. The Morgan fingerprint density at radius 3 is 2.31 bits per heavy atom. The van der Waals surface area contributed by atoms with E-state index in [2.05, 4.69) is 20.3 Å². The number of hydrogen-bond donors (Lipinski definition) is 1. The van der Waals surface area contributed by atoms with E-state index in [9.17, 15) is 24.8 Å².